The number of anilines is 1. The molecule has 0 radical (unpaired) electrons. The maximum absolute atomic E-state index is 14.3. The number of rotatable bonds is 3. The van der Waals surface area contributed by atoms with Gasteiger partial charge >= 0.3 is 0 Å². The van der Waals surface area contributed by atoms with Crippen LogP contribution in [0.25, 0.3) is 11.4 Å². The lowest BCUT2D eigenvalue weighted by Gasteiger charge is -2.10. The summed E-state index contributed by atoms with van der Waals surface area (Å²) in [6.07, 6.45) is 4.28. The molecule has 3 heterocycles. The number of fused-ring (bicyclic) bond motifs is 1. The van der Waals surface area contributed by atoms with Crippen molar-refractivity contribution < 1.29 is 9.18 Å². The molecule has 1 aliphatic rings. The molecule has 4 rings (SSSR count). The second-order valence-electron chi connectivity index (χ2n) is 6.88. The first-order chi connectivity index (χ1) is 13.0. The third-order valence-corrected chi connectivity index (χ3v) is 5.83. The molecule has 5 nitrogen and oxygen atoms in total. The number of nitrogens with zero attached hydrogens (tertiary/aromatic N) is 3. The van der Waals surface area contributed by atoms with E-state index in [4.69, 9.17) is 0 Å². The van der Waals surface area contributed by atoms with Crippen molar-refractivity contribution in [2.24, 2.45) is 0 Å². The van der Waals surface area contributed by atoms with Crippen LogP contribution < -0.4 is 5.32 Å². The van der Waals surface area contributed by atoms with E-state index in [1.807, 2.05) is 19.9 Å². The standard InChI is InChI=1S/C20H21FN4OS/c1-12-10-15(13(2)27-12)20(26)22-17-11-14(7-8-16(17)21)19-24-23-18-6-4-3-5-9-25(18)19/h7-8,10-11H,3-6,9H2,1-2H3,(H,22,26). The summed E-state index contributed by atoms with van der Waals surface area (Å²) in [4.78, 5) is 14.5. The number of nitrogens with one attached hydrogen (secondary N) is 1. The zero-order valence-corrected chi connectivity index (χ0v) is 16.2. The van der Waals surface area contributed by atoms with Crippen molar-refractivity contribution >= 4 is 22.9 Å². The maximum Gasteiger partial charge on any atom is 0.256 e. The predicted octanol–water partition coefficient (Wildman–Crippen LogP) is 4.74. The van der Waals surface area contributed by atoms with Crippen molar-refractivity contribution in [2.45, 2.75) is 46.1 Å². The molecule has 27 heavy (non-hydrogen) atoms. The maximum atomic E-state index is 14.3. The van der Waals surface area contributed by atoms with Gasteiger partial charge in [-0.1, -0.05) is 6.42 Å². The predicted molar refractivity (Wildman–Crippen MR) is 105 cm³/mol. The molecule has 0 saturated heterocycles. The minimum absolute atomic E-state index is 0.159. The molecule has 0 bridgehead atoms. The largest absolute Gasteiger partial charge is 0.319 e. The molecule has 7 heteroatoms. The van der Waals surface area contributed by atoms with Gasteiger partial charge in [0.2, 0.25) is 0 Å². The van der Waals surface area contributed by atoms with Crippen LogP contribution in [-0.2, 0) is 13.0 Å². The van der Waals surface area contributed by atoms with Crippen LogP contribution in [0.2, 0.25) is 0 Å². The molecule has 0 atom stereocenters. The van der Waals surface area contributed by atoms with E-state index in [2.05, 4.69) is 20.1 Å². The summed E-state index contributed by atoms with van der Waals surface area (Å²) < 4.78 is 16.5. The molecule has 0 fully saturated rings. The average molecular weight is 384 g/mol. The van der Waals surface area contributed by atoms with Gasteiger partial charge in [0, 0.05) is 28.3 Å². The van der Waals surface area contributed by atoms with Gasteiger partial charge in [0.1, 0.15) is 11.6 Å². The number of carbonyl (C=O) groups is 1. The fourth-order valence-corrected chi connectivity index (χ4v) is 4.43. The summed E-state index contributed by atoms with van der Waals surface area (Å²) in [6, 6.07) is 6.53. The third kappa shape index (κ3) is 3.51. The van der Waals surface area contributed by atoms with E-state index in [9.17, 15) is 9.18 Å². The van der Waals surface area contributed by atoms with Gasteiger partial charge in [-0.25, -0.2) is 4.39 Å². The van der Waals surface area contributed by atoms with Crippen molar-refractivity contribution in [1.82, 2.24) is 14.8 Å². The highest BCUT2D eigenvalue weighted by atomic mass is 32.1. The minimum atomic E-state index is -0.465. The van der Waals surface area contributed by atoms with Gasteiger partial charge in [-0.2, -0.15) is 0 Å². The monoisotopic (exact) mass is 384 g/mol. The number of aryl methyl sites for hydroxylation is 3. The van der Waals surface area contributed by atoms with E-state index in [1.54, 1.807) is 23.5 Å². The van der Waals surface area contributed by atoms with E-state index < -0.39 is 5.82 Å². The molecule has 140 valence electrons. The van der Waals surface area contributed by atoms with Gasteiger partial charge in [0.25, 0.3) is 5.91 Å². The van der Waals surface area contributed by atoms with E-state index in [-0.39, 0.29) is 11.6 Å². The molecule has 0 unspecified atom stereocenters. The number of hydrogen-bond donors (Lipinski definition) is 1. The van der Waals surface area contributed by atoms with Gasteiger partial charge in [-0.3, -0.25) is 4.79 Å². The topological polar surface area (TPSA) is 59.8 Å². The highest BCUT2D eigenvalue weighted by Crippen LogP contribution is 2.28. The van der Waals surface area contributed by atoms with Crippen molar-refractivity contribution in [1.29, 1.82) is 0 Å². The van der Waals surface area contributed by atoms with Crippen LogP contribution in [0.5, 0.6) is 0 Å². The first-order valence-corrected chi connectivity index (χ1v) is 9.95. The van der Waals surface area contributed by atoms with Crippen LogP contribution in [-0.4, -0.2) is 20.7 Å². The fourth-order valence-electron chi connectivity index (χ4n) is 3.50. The van der Waals surface area contributed by atoms with Gasteiger partial charge in [-0.15, -0.1) is 21.5 Å². The average Bonchev–Trinajstić information content (AvgIpc) is 3.10. The van der Waals surface area contributed by atoms with E-state index in [1.165, 1.54) is 12.5 Å². The van der Waals surface area contributed by atoms with Crippen molar-refractivity contribution in [3.63, 3.8) is 0 Å². The molecule has 3 aromatic rings. The minimum Gasteiger partial charge on any atom is -0.319 e. The highest BCUT2D eigenvalue weighted by Gasteiger charge is 2.19. The number of hydrogen-bond acceptors (Lipinski definition) is 4. The van der Waals surface area contributed by atoms with Crippen LogP contribution in [0.3, 0.4) is 0 Å². The zero-order chi connectivity index (χ0) is 19.0. The first kappa shape index (κ1) is 17.9. The zero-order valence-electron chi connectivity index (χ0n) is 15.4. The van der Waals surface area contributed by atoms with E-state index in [0.29, 0.717) is 5.56 Å². The summed E-state index contributed by atoms with van der Waals surface area (Å²) in [5, 5.41) is 11.3. The molecular formula is C20H21FN4OS. The quantitative estimate of drug-likeness (QED) is 0.709. The Bertz CT molecular complexity index is 1010. The van der Waals surface area contributed by atoms with Gasteiger partial charge in [-0.05, 0) is 51.0 Å². The Morgan fingerprint density at radius 1 is 1.19 bits per heavy atom. The molecule has 0 saturated carbocycles. The Kier molecular flexibility index (Phi) is 4.78. The summed E-state index contributed by atoms with van der Waals surface area (Å²) in [6.45, 7) is 4.71. The van der Waals surface area contributed by atoms with Crippen LogP contribution in [0.1, 0.15) is 45.2 Å². The van der Waals surface area contributed by atoms with Crippen LogP contribution in [0, 0.1) is 19.7 Å². The van der Waals surface area contributed by atoms with Crippen LogP contribution >= 0.6 is 11.3 Å². The van der Waals surface area contributed by atoms with E-state index in [0.717, 1.165) is 52.8 Å². The lowest BCUT2D eigenvalue weighted by molar-refractivity contribution is 0.102. The Hall–Kier alpha value is -2.54. The smallest absolute Gasteiger partial charge is 0.256 e. The molecule has 1 aliphatic heterocycles. The Balaban J connectivity index is 1.65. The number of thiophene rings is 1. The van der Waals surface area contributed by atoms with Crippen molar-refractivity contribution in [3.05, 3.63) is 51.2 Å². The second-order valence-corrected chi connectivity index (χ2v) is 8.34. The first-order valence-electron chi connectivity index (χ1n) is 9.13. The Morgan fingerprint density at radius 3 is 2.81 bits per heavy atom. The van der Waals surface area contributed by atoms with Crippen molar-refractivity contribution in [2.75, 3.05) is 5.32 Å². The molecule has 0 spiro atoms. The second kappa shape index (κ2) is 7.23. The lowest BCUT2D eigenvalue weighted by Crippen LogP contribution is -2.13. The molecule has 0 aliphatic carbocycles. The van der Waals surface area contributed by atoms with Gasteiger partial charge < -0.3 is 9.88 Å². The molecule has 1 aromatic carbocycles. The number of aromatic nitrogens is 3. The summed E-state index contributed by atoms with van der Waals surface area (Å²) in [5.74, 6) is 0.937. The summed E-state index contributed by atoms with van der Waals surface area (Å²) >= 11 is 1.55. The Labute approximate surface area is 161 Å². The number of carbonyl (C=O) groups excluding carboxylic acids is 1. The fraction of sp³-hybridized carbons (Fsp3) is 0.350. The number of benzene rings is 1. The molecule has 2 aromatic heterocycles. The van der Waals surface area contributed by atoms with Gasteiger partial charge in [0.15, 0.2) is 5.82 Å². The van der Waals surface area contributed by atoms with Gasteiger partial charge in [0.05, 0.1) is 11.3 Å². The number of halogens is 1. The molecule has 1 amide bonds. The van der Waals surface area contributed by atoms with Crippen LogP contribution in [0.4, 0.5) is 10.1 Å². The van der Waals surface area contributed by atoms with E-state index >= 15 is 0 Å². The summed E-state index contributed by atoms with van der Waals surface area (Å²) in [5.41, 5.74) is 1.50. The lowest BCUT2D eigenvalue weighted by atomic mass is 10.1. The van der Waals surface area contributed by atoms with Crippen molar-refractivity contribution in [3.8, 4) is 11.4 Å². The normalized spacial score (nSPS) is 13.9. The molecule has 1 N–H and O–H groups in total. The summed E-state index contributed by atoms with van der Waals surface area (Å²) in [7, 11) is 0. The third-order valence-electron chi connectivity index (χ3n) is 4.87. The van der Waals surface area contributed by atoms with Crippen LogP contribution in [0.15, 0.2) is 24.3 Å². The number of amides is 1. The highest BCUT2D eigenvalue weighted by molar-refractivity contribution is 7.12. The molecular weight excluding hydrogens is 363 g/mol. The SMILES string of the molecule is Cc1cc(C(=O)Nc2cc(-c3nnc4n3CCCCC4)ccc2F)c(C)s1. The Morgan fingerprint density at radius 2 is 2.04 bits per heavy atom.